The molecule has 3 rings (SSSR count). The van der Waals surface area contributed by atoms with Gasteiger partial charge in [-0.05, 0) is 25.8 Å². The summed E-state index contributed by atoms with van der Waals surface area (Å²) in [6, 6.07) is 10.6. The van der Waals surface area contributed by atoms with Gasteiger partial charge in [-0.25, -0.2) is 15.0 Å². The lowest BCUT2D eigenvalue weighted by atomic mass is 10.1. The van der Waals surface area contributed by atoms with Gasteiger partial charge in [0.1, 0.15) is 12.1 Å². The predicted octanol–water partition coefficient (Wildman–Crippen LogP) is 3.87. The van der Waals surface area contributed by atoms with Gasteiger partial charge in [-0.1, -0.05) is 24.3 Å². The fourth-order valence-electron chi connectivity index (χ4n) is 2.22. The van der Waals surface area contributed by atoms with Crippen molar-refractivity contribution in [3.05, 3.63) is 58.3 Å². The van der Waals surface area contributed by atoms with Crippen molar-refractivity contribution in [2.24, 2.45) is 0 Å². The Morgan fingerprint density at radius 2 is 1.91 bits per heavy atom. The second kappa shape index (κ2) is 6.66. The van der Waals surface area contributed by atoms with Gasteiger partial charge < -0.3 is 5.32 Å². The summed E-state index contributed by atoms with van der Waals surface area (Å²) in [5.41, 5.74) is 4.51. The van der Waals surface area contributed by atoms with Crippen molar-refractivity contribution >= 4 is 17.2 Å². The number of nitrogens with zero attached hydrogens (tertiary/aromatic N) is 3. The van der Waals surface area contributed by atoms with Crippen molar-refractivity contribution in [2.75, 3.05) is 11.9 Å². The van der Waals surface area contributed by atoms with Gasteiger partial charge in [0.25, 0.3) is 0 Å². The van der Waals surface area contributed by atoms with Crippen LogP contribution in [0.25, 0.3) is 11.3 Å². The van der Waals surface area contributed by atoms with E-state index in [9.17, 15) is 0 Å². The molecule has 0 saturated carbocycles. The molecule has 0 atom stereocenters. The van der Waals surface area contributed by atoms with E-state index in [0.717, 1.165) is 35.2 Å². The molecule has 0 bridgehead atoms. The van der Waals surface area contributed by atoms with E-state index in [1.54, 1.807) is 17.7 Å². The van der Waals surface area contributed by atoms with Crippen LogP contribution in [0.15, 0.2) is 42.0 Å². The van der Waals surface area contributed by atoms with Crippen LogP contribution in [0.4, 0.5) is 5.82 Å². The molecule has 0 aliphatic heterocycles. The number of anilines is 1. The highest BCUT2D eigenvalue weighted by molar-refractivity contribution is 7.09. The Morgan fingerprint density at radius 1 is 1.09 bits per heavy atom. The largest absolute Gasteiger partial charge is 0.370 e. The zero-order chi connectivity index (χ0) is 15.4. The van der Waals surface area contributed by atoms with Crippen molar-refractivity contribution < 1.29 is 0 Å². The van der Waals surface area contributed by atoms with Crippen LogP contribution in [0.3, 0.4) is 0 Å². The predicted molar refractivity (Wildman–Crippen MR) is 91.2 cm³/mol. The molecule has 1 aromatic carbocycles. The van der Waals surface area contributed by atoms with Crippen molar-refractivity contribution in [1.82, 2.24) is 15.0 Å². The summed E-state index contributed by atoms with van der Waals surface area (Å²) in [6.45, 7) is 4.85. The molecule has 0 aliphatic carbocycles. The van der Waals surface area contributed by atoms with Gasteiger partial charge in [-0.15, -0.1) is 11.3 Å². The highest BCUT2D eigenvalue weighted by Gasteiger charge is 2.02. The van der Waals surface area contributed by atoms with Crippen LogP contribution in [-0.4, -0.2) is 21.5 Å². The SMILES string of the molecule is Cc1cc(NCCc2ccc(-c3csc(C)n3)cc2)ncn1. The molecule has 4 nitrogen and oxygen atoms in total. The van der Waals surface area contributed by atoms with Gasteiger partial charge in [0.15, 0.2) is 0 Å². The third-order valence-corrected chi connectivity index (χ3v) is 4.17. The van der Waals surface area contributed by atoms with E-state index in [0.29, 0.717) is 0 Å². The third-order valence-electron chi connectivity index (χ3n) is 3.39. The van der Waals surface area contributed by atoms with Gasteiger partial charge in [-0.2, -0.15) is 0 Å². The molecule has 112 valence electrons. The number of hydrogen-bond donors (Lipinski definition) is 1. The van der Waals surface area contributed by atoms with Gasteiger partial charge in [0, 0.05) is 29.2 Å². The fourth-order valence-corrected chi connectivity index (χ4v) is 2.85. The minimum absolute atomic E-state index is 0.853. The monoisotopic (exact) mass is 310 g/mol. The Balaban J connectivity index is 1.57. The molecular formula is C17H18N4S. The lowest BCUT2D eigenvalue weighted by molar-refractivity contribution is 0.993. The van der Waals surface area contributed by atoms with E-state index in [4.69, 9.17) is 0 Å². The number of hydrogen-bond acceptors (Lipinski definition) is 5. The van der Waals surface area contributed by atoms with Gasteiger partial charge >= 0.3 is 0 Å². The lowest BCUT2D eigenvalue weighted by Crippen LogP contribution is -2.06. The first-order valence-corrected chi connectivity index (χ1v) is 8.12. The van der Waals surface area contributed by atoms with E-state index in [-0.39, 0.29) is 0 Å². The molecule has 0 saturated heterocycles. The second-order valence-electron chi connectivity index (χ2n) is 5.17. The van der Waals surface area contributed by atoms with Crippen LogP contribution >= 0.6 is 11.3 Å². The molecule has 22 heavy (non-hydrogen) atoms. The second-order valence-corrected chi connectivity index (χ2v) is 6.23. The Bertz CT molecular complexity index is 749. The zero-order valence-electron chi connectivity index (χ0n) is 12.7. The maximum atomic E-state index is 4.51. The summed E-state index contributed by atoms with van der Waals surface area (Å²) >= 11 is 1.68. The summed E-state index contributed by atoms with van der Waals surface area (Å²) < 4.78 is 0. The zero-order valence-corrected chi connectivity index (χ0v) is 13.5. The number of aryl methyl sites for hydroxylation is 2. The van der Waals surface area contributed by atoms with E-state index < -0.39 is 0 Å². The molecule has 1 N–H and O–H groups in total. The van der Waals surface area contributed by atoms with Crippen molar-refractivity contribution in [3.8, 4) is 11.3 Å². The summed E-state index contributed by atoms with van der Waals surface area (Å²) in [5, 5.41) is 6.52. The molecule has 3 aromatic rings. The van der Waals surface area contributed by atoms with Gasteiger partial charge in [0.05, 0.1) is 10.7 Å². The third kappa shape index (κ3) is 3.68. The first kappa shape index (κ1) is 14.7. The van der Waals surface area contributed by atoms with Crippen molar-refractivity contribution in [1.29, 1.82) is 0 Å². The van der Waals surface area contributed by atoms with Crippen LogP contribution in [0.5, 0.6) is 0 Å². The first-order valence-electron chi connectivity index (χ1n) is 7.25. The van der Waals surface area contributed by atoms with E-state index in [1.165, 1.54) is 11.1 Å². The highest BCUT2D eigenvalue weighted by atomic mass is 32.1. The topological polar surface area (TPSA) is 50.7 Å². The van der Waals surface area contributed by atoms with Crippen molar-refractivity contribution in [3.63, 3.8) is 0 Å². The normalized spacial score (nSPS) is 10.6. The fraction of sp³-hybridized carbons (Fsp3) is 0.235. The standard InChI is InChI=1S/C17H18N4S/c1-12-9-17(20-11-19-12)18-8-7-14-3-5-15(6-4-14)16-10-22-13(2)21-16/h3-6,9-11H,7-8H2,1-2H3,(H,18,19,20). The molecule has 0 unspecified atom stereocenters. The van der Waals surface area contributed by atoms with E-state index in [1.807, 2.05) is 19.9 Å². The highest BCUT2D eigenvalue weighted by Crippen LogP contribution is 2.21. The van der Waals surface area contributed by atoms with Crippen LogP contribution < -0.4 is 5.32 Å². The number of benzene rings is 1. The van der Waals surface area contributed by atoms with Gasteiger partial charge in [0.2, 0.25) is 0 Å². The molecule has 5 heteroatoms. The summed E-state index contributed by atoms with van der Waals surface area (Å²) in [4.78, 5) is 12.8. The maximum Gasteiger partial charge on any atom is 0.129 e. The number of aromatic nitrogens is 3. The summed E-state index contributed by atoms with van der Waals surface area (Å²) in [6.07, 6.45) is 2.54. The van der Waals surface area contributed by atoms with Crippen LogP contribution in [0.1, 0.15) is 16.3 Å². The van der Waals surface area contributed by atoms with E-state index in [2.05, 4.69) is 49.9 Å². The molecule has 0 amide bonds. The number of nitrogens with one attached hydrogen (secondary N) is 1. The molecular weight excluding hydrogens is 292 g/mol. The smallest absolute Gasteiger partial charge is 0.129 e. The molecule has 2 heterocycles. The van der Waals surface area contributed by atoms with Crippen molar-refractivity contribution in [2.45, 2.75) is 20.3 Å². The minimum atomic E-state index is 0.853. The van der Waals surface area contributed by atoms with Gasteiger partial charge in [-0.3, -0.25) is 0 Å². The van der Waals surface area contributed by atoms with Crippen LogP contribution in [0.2, 0.25) is 0 Å². The lowest BCUT2D eigenvalue weighted by Gasteiger charge is -2.06. The molecule has 0 fully saturated rings. The maximum absolute atomic E-state index is 4.51. The molecule has 0 radical (unpaired) electrons. The number of rotatable bonds is 5. The molecule has 0 aliphatic rings. The Hall–Kier alpha value is -2.27. The molecule has 2 aromatic heterocycles. The van der Waals surface area contributed by atoms with E-state index >= 15 is 0 Å². The summed E-state index contributed by atoms with van der Waals surface area (Å²) in [7, 11) is 0. The Labute approximate surface area is 134 Å². The quantitative estimate of drug-likeness (QED) is 0.777. The average Bonchev–Trinajstić information content (AvgIpc) is 2.95. The van der Waals surface area contributed by atoms with Crippen LogP contribution in [0, 0.1) is 13.8 Å². The minimum Gasteiger partial charge on any atom is -0.370 e. The Morgan fingerprint density at radius 3 is 2.59 bits per heavy atom. The van der Waals surface area contributed by atoms with Crippen LogP contribution in [-0.2, 0) is 6.42 Å². The molecule has 0 spiro atoms. The summed E-state index contributed by atoms with van der Waals surface area (Å²) in [5.74, 6) is 0.877. The average molecular weight is 310 g/mol. The first-order chi connectivity index (χ1) is 10.7. The number of thiazole rings is 1. The Kier molecular flexibility index (Phi) is 4.44.